The summed E-state index contributed by atoms with van der Waals surface area (Å²) < 4.78 is 6.64. The summed E-state index contributed by atoms with van der Waals surface area (Å²) >= 11 is 0. The van der Waals surface area contributed by atoms with E-state index in [0.29, 0.717) is 25.6 Å². The highest BCUT2D eigenvalue weighted by molar-refractivity contribution is 5.84. The van der Waals surface area contributed by atoms with Gasteiger partial charge in [-0.1, -0.05) is 5.21 Å². The van der Waals surface area contributed by atoms with E-state index in [1.54, 1.807) is 0 Å². The fourth-order valence-corrected chi connectivity index (χ4v) is 2.05. The standard InChI is InChI=1S/C12H19N5O4/c18-11(19)10-7-17(16-15-10)5-4-14-12(20)13-3-1-9-2-6-21-8-9/h7,9H,1-6,8H2,(H,18,19)(H2,13,14,20). The van der Waals surface area contributed by atoms with E-state index in [4.69, 9.17) is 9.84 Å². The summed E-state index contributed by atoms with van der Waals surface area (Å²) in [6.45, 7) is 2.92. The molecular formula is C12H19N5O4. The molecule has 1 saturated heterocycles. The van der Waals surface area contributed by atoms with Crippen LogP contribution in [0.2, 0.25) is 0 Å². The average Bonchev–Trinajstić information content (AvgIpc) is 3.09. The van der Waals surface area contributed by atoms with Crippen molar-refractivity contribution in [2.24, 2.45) is 5.92 Å². The minimum Gasteiger partial charge on any atom is -0.476 e. The Morgan fingerprint density at radius 3 is 2.90 bits per heavy atom. The van der Waals surface area contributed by atoms with Gasteiger partial charge >= 0.3 is 12.0 Å². The van der Waals surface area contributed by atoms with Crippen LogP contribution in [0.1, 0.15) is 23.3 Å². The predicted molar refractivity (Wildman–Crippen MR) is 71.9 cm³/mol. The monoisotopic (exact) mass is 297 g/mol. The molecule has 2 heterocycles. The van der Waals surface area contributed by atoms with Crippen LogP contribution in [0.15, 0.2) is 6.20 Å². The third kappa shape index (κ3) is 5.03. The number of amides is 2. The van der Waals surface area contributed by atoms with Crippen LogP contribution >= 0.6 is 0 Å². The maximum absolute atomic E-state index is 11.5. The molecule has 2 rings (SSSR count). The van der Waals surface area contributed by atoms with E-state index in [1.165, 1.54) is 10.9 Å². The van der Waals surface area contributed by atoms with Gasteiger partial charge in [-0.05, 0) is 18.8 Å². The molecule has 9 nitrogen and oxygen atoms in total. The molecule has 3 N–H and O–H groups in total. The van der Waals surface area contributed by atoms with Crippen LogP contribution in [-0.4, -0.2) is 58.4 Å². The number of hydrogen-bond donors (Lipinski definition) is 3. The molecule has 116 valence electrons. The lowest BCUT2D eigenvalue weighted by atomic mass is 10.1. The number of carbonyl (C=O) groups excluding carboxylic acids is 1. The molecule has 0 saturated carbocycles. The number of nitrogens with zero attached hydrogens (tertiary/aromatic N) is 3. The largest absolute Gasteiger partial charge is 0.476 e. The smallest absolute Gasteiger partial charge is 0.358 e. The first-order chi connectivity index (χ1) is 10.1. The zero-order valence-electron chi connectivity index (χ0n) is 11.6. The average molecular weight is 297 g/mol. The Morgan fingerprint density at radius 2 is 2.24 bits per heavy atom. The Labute approximate surface area is 121 Å². The van der Waals surface area contributed by atoms with E-state index in [1.807, 2.05) is 0 Å². The summed E-state index contributed by atoms with van der Waals surface area (Å²) in [6, 6.07) is -0.243. The maximum Gasteiger partial charge on any atom is 0.358 e. The second kappa shape index (κ2) is 7.58. The molecule has 1 aromatic heterocycles. The van der Waals surface area contributed by atoms with Crippen molar-refractivity contribution in [3.05, 3.63) is 11.9 Å². The van der Waals surface area contributed by atoms with Crippen LogP contribution < -0.4 is 10.6 Å². The van der Waals surface area contributed by atoms with Crippen molar-refractivity contribution in [2.75, 3.05) is 26.3 Å². The van der Waals surface area contributed by atoms with E-state index in [9.17, 15) is 9.59 Å². The molecule has 0 spiro atoms. The Balaban J connectivity index is 1.56. The normalized spacial score (nSPS) is 17.6. The topological polar surface area (TPSA) is 118 Å². The third-order valence-electron chi connectivity index (χ3n) is 3.25. The van der Waals surface area contributed by atoms with Gasteiger partial charge in [0.15, 0.2) is 5.69 Å². The molecule has 0 bridgehead atoms. The summed E-state index contributed by atoms with van der Waals surface area (Å²) in [7, 11) is 0. The minimum absolute atomic E-state index is 0.113. The van der Waals surface area contributed by atoms with Crippen molar-refractivity contribution in [3.63, 3.8) is 0 Å². The van der Waals surface area contributed by atoms with Crippen LogP contribution in [0.4, 0.5) is 4.79 Å². The van der Waals surface area contributed by atoms with Crippen LogP contribution in [0, 0.1) is 5.92 Å². The number of rotatable bonds is 7. The van der Waals surface area contributed by atoms with E-state index >= 15 is 0 Å². The molecule has 1 aliphatic rings. The SMILES string of the molecule is O=C(NCCC1CCOC1)NCCn1cc(C(=O)O)nn1. The van der Waals surface area contributed by atoms with Gasteiger partial charge in [-0.2, -0.15) is 0 Å². The fraction of sp³-hybridized carbons (Fsp3) is 0.667. The van der Waals surface area contributed by atoms with Crippen molar-refractivity contribution >= 4 is 12.0 Å². The Hall–Kier alpha value is -2.16. The number of aromatic nitrogens is 3. The van der Waals surface area contributed by atoms with Gasteiger partial charge in [-0.3, -0.25) is 0 Å². The zero-order valence-corrected chi connectivity index (χ0v) is 11.6. The maximum atomic E-state index is 11.5. The lowest BCUT2D eigenvalue weighted by Crippen LogP contribution is -2.38. The molecular weight excluding hydrogens is 278 g/mol. The molecule has 0 aromatic carbocycles. The van der Waals surface area contributed by atoms with Gasteiger partial charge in [0.1, 0.15) is 0 Å². The van der Waals surface area contributed by atoms with Crippen molar-refractivity contribution in [1.29, 1.82) is 0 Å². The lowest BCUT2D eigenvalue weighted by molar-refractivity contribution is 0.0690. The van der Waals surface area contributed by atoms with E-state index in [0.717, 1.165) is 26.1 Å². The van der Waals surface area contributed by atoms with Crippen LogP contribution in [0.3, 0.4) is 0 Å². The number of nitrogens with one attached hydrogen (secondary N) is 2. The van der Waals surface area contributed by atoms with Gasteiger partial charge in [0.05, 0.1) is 12.7 Å². The highest BCUT2D eigenvalue weighted by Gasteiger charge is 2.15. The Kier molecular flexibility index (Phi) is 5.50. The predicted octanol–water partition coefficient (Wildman–Crippen LogP) is -0.298. The highest BCUT2D eigenvalue weighted by atomic mass is 16.5. The summed E-state index contributed by atoms with van der Waals surface area (Å²) in [6.07, 6.45) is 3.29. The first-order valence-corrected chi connectivity index (χ1v) is 6.88. The summed E-state index contributed by atoms with van der Waals surface area (Å²) in [5.41, 5.74) is -0.113. The molecule has 1 atom stereocenters. The van der Waals surface area contributed by atoms with Gasteiger partial charge in [0, 0.05) is 26.3 Å². The molecule has 9 heteroatoms. The van der Waals surface area contributed by atoms with Gasteiger partial charge in [-0.25, -0.2) is 14.3 Å². The molecule has 21 heavy (non-hydrogen) atoms. The van der Waals surface area contributed by atoms with Crippen LogP contribution in [0.5, 0.6) is 0 Å². The van der Waals surface area contributed by atoms with Crippen LogP contribution in [0.25, 0.3) is 0 Å². The molecule has 1 aliphatic heterocycles. The number of carbonyl (C=O) groups is 2. The molecule has 2 amide bonds. The van der Waals surface area contributed by atoms with Crippen molar-refractivity contribution in [3.8, 4) is 0 Å². The number of ether oxygens (including phenoxy) is 1. The van der Waals surface area contributed by atoms with Gasteiger partial charge < -0.3 is 20.5 Å². The van der Waals surface area contributed by atoms with Crippen LogP contribution in [-0.2, 0) is 11.3 Å². The van der Waals surface area contributed by atoms with Crippen molar-refractivity contribution in [2.45, 2.75) is 19.4 Å². The van der Waals surface area contributed by atoms with Gasteiger partial charge in [0.25, 0.3) is 0 Å². The number of hydrogen-bond acceptors (Lipinski definition) is 5. The molecule has 1 aromatic rings. The molecule has 0 radical (unpaired) electrons. The zero-order chi connectivity index (χ0) is 15.1. The first-order valence-electron chi connectivity index (χ1n) is 6.88. The number of carboxylic acids is 1. The summed E-state index contributed by atoms with van der Waals surface area (Å²) in [5, 5.41) is 21.3. The Morgan fingerprint density at radius 1 is 1.43 bits per heavy atom. The number of carboxylic acid groups (broad SMARTS) is 1. The van der Waals surface area contributed by atoms with Gasteiger partial charge in [0.2, 0.25) is 0 Å². The van der Waals surface area contributed by atoms with Crippen molar-refractivity contribution in [1.82, 2.24) is 25.6 Å². The number of aromatic carboxylic acids is 1. The number of urea groups is 1. The second-order valence-corrected chi connectivity index (χ2v) is 4.87. The van der Waals surface area contributed by atoms with Crippen molar-refractivity contribution < 1.29 is 19.4 Å². The molecule has 0 aliphatic carbocycles. The van der Waals surface area contributed by atoms with E-state index in [-0.39, 0.29) is 11.7 Å². The molecule has 1 fully saturated rings. The van der Waals surface area contributed by atoms with E-state index < -0.39 is 5.97 Å². The first kappa shape index (κ1) is 15.2. The summed E-state index contributed by atoms with van der Waals surface area (Å²) in [5.74, 6) is -0.585. The highest BCUT2D eigenvalue weighted by Crippen LogP contribution is 2.14. The van der Waals surface area contributed by atoms with Gasteiger partial charge in [-0.15, -0.1) is 5.10 Å². The Bertz CT molecular complexity index is 484. The molecule has 1 unspecified atom stereocenters. The lowest BCUT2D eigenvalue weighted by Gasteiger charge is -2.09. The van der Waals surface area contributed by atoms with E-state index in [2.05, 4.69) is 20.9 Å². The second-order valence-electron chi connectivity index (χ2n) is 4.87. The fourth-order valence-electron chi connectivity index (χ4n) is 2.05. The minimum atomic E-state index is -1.12. The summed E-state index contributed by atoms with van der Waals surface area (Å²) in [4.78, 5) is 22.1. The third-order valence-corrected chi connectivity index (χ3v) is 3.25. The quantitative estimate of drug-likeness (QED) is 0.636.